The maximum atomic E-state index is 13.3. The van der Waals surface area contributed by atoms with Crippen LogP contribution in [0.2, 0.25) is 0 Å². The van der Waals surface area contributed by atoms with Gasteiger partial charge in [0.2, 0.25) is 11.7 Å². The van der Waals surface area contributed by atoms with Crippen molar-refractivity contribution in [2.45, 2.75) is 0 Å². The van der Waals surface area contributed by atoms with Crippen molar-refractivity contribution in [2.24, 2.45) is 0 Å². The third-order valence-corrected chi connectivity index (χ3v) is 2.26. The number of anilines is 1. The molecule has 0 unspecified atom stereocenters. The van der Waals surface area contributed by atoms with Crippen molar-refractivity contribution in [1.29, 1.82) is 5.26 Å². The first-order chi connectivity index (χ1) is 9.76. The van der Waals surface area contributed by atoms with Crippen molar-refractivity contribution in [1.82, 2.24) is 5.32 Å². The molecule has 0 aliphatic heterocycles. The molecule has 0 bridgehead atoms. The Morgan fingerprint density at radius 3 is 1.86 bits per heavy atom. The summed E-state index contributed by atoms with van der Waals surface area (Å²) in [7, 11) is 1.12. The Morgan fingerprint density at radius 1 is 1.05 bits per heavy atom. The molecule has 0 saturated heterocycles. The Morgan fingerprint density at radius 2 is 1.48 bits per heavy atom. The number of carbonyl (C=O) groups excluding carboxylic acids is 1. The fraction of sp³-hybridized carbons (Fsp3) is 0.0909. The normalized spacial score (nSPS) is 11.5. The van der Waals surface area contributed by atoms with E-state index in [-0.39, 0.29) is 0 Å². The van der Waals surface area contributed by atoms with Gasteiger partial charge in [-0.2, -0.15) is 5.26 Å². The molecule has 1 rings (SSSR count). The topological polar surface area (TPSA) is 85.2 Å². The molecule has 1 aromatic rings. The highest BCUT2D eigenvalue weighted by Crippen LogP contribution is 2.27. The Hall–Kier alpha value is -2.83. The summed E-state index contributed by atoms with van der Waals surface area (Å²) in [5, 5.41) is 21.1. The first-order valence-corrected chi connectivity index (χ1v) is 5.10. The van der Waals surface area contributed by atoms with Crippen LogP contribution in [-0.4, -0.2) is 18.1 Å². The van der Waals surface area contributed by atoms with Gasteiger partial charge < -0.3 is 15.7 Å². The predicted molar refractivity (Wildman–Crippen MR) is 59.2 cm³/mol. The fourth-order valence-corrected chi connectivity index (χ4v) is 1.23. The molecular formula is C11H6F5N3O2. The smallest absolute Gasteiger partial charge is 0.271 e. The fourth-order valence-electron chi connectivity index (χ4n) is 1.23. The van der Waals surface area contributed by atoms with E-state index < -0.39 is 52.1 Å². The Kier molecular flexibility index (Phi) is 4.70. The second-order valence-corrected chi connectivity index (χ2v) is 3.48. The van der Waals surface area contributed by atoms with Gasteiger partial charge in [0.15, 0.2) is 28.8 Å². The lowest BCUT2D eigenvalue weighted by atomic mass is 10.2. The van der Waals surface area contributed by atoms with Gasteiger partial charge in [-0.05, 0) is 0 Å². The monoisotopic (exact) mass is 307 g/mol. The molecule has 0 aromatic heterocycles. The van der Waals surface area contributed by atoms with Crippen LogP contribution in [0.5, 0.6) is 0 Å². The summed E-state index contributed by atoms with van der Waals surface area (Å²) in [6, 6.07) is 1.20. The number of amides is 1. The van der Waals surface area contributed by atoms with E-state index in [1.165, 1.54) is 11.4 Å². The summed E-state index contributed by atoms with van der Waals surface area (Å²) < 4.78 is 65.2. The summed E-state index contributed by atoms with van der Waals surface area (Å²) in [4.78, 5) is 11.5. The average Bonchev–Trinajstić information content (AvgIpc) is 2.48. The lowest BCUT2D eigenvalue weighted by molar-refractivity contribution is -0.112. The van der Waals surface area contributed by atoms with Gasteiger partial charge in [0.05, 0.1) is 0 Å². The number of rotatable bonds is 3. The third-order valence-electron chi connectivity index (χ3n) is 2.26. The highest BCUT2D eigenvalue weighted by Gasteiger charge is 2.28. The molecule has 0 atom stereocenters. The van der Waals surface area contributed by atoms with Crippen LogP contribution in [-0.2, 0) is 4.79 Å². The zero-order valence-corrected chi connectivity index (χ0v) is 10.2. The van der Waals surface area contributed by atoms with E-state index in [9.17, 15) is 26.7 Å². The molecule has 3 N–H and O–H groups in total. The predicted octanol–water partition coefficient (Wildman–Crippen LogP) is 1.83. The van der Waals surface area contributed by atoms with Gasteiger partial charge in [-0.15, -0.1) is 0 Å². The number of aliphatic hydroxyl groups excluding tert-OH is 1. The number of nitrogens with zero attached hydrogens (tertiary/aromatic N) is 1. The van der Waals surface area contributed by atoms with E-state index >= 15 is 0 Å². The largest absolute Gasteiger partial charge is 0.494 e. The number of nitriles is 1. The van der Waals surface area contributed by atoms with Crippen LogP contribution in [0.1, 0.15) is 0 Å². The summed E-state index contributed by atoms with van der Waals surface area (Å²) in [6.45, 7) is 0. The summed E-state index contributed by atoms with van der Waals surface area (Å²) in [5.74, 6) is -14.0. The first-order valence-electron chi connectivity index (χ1n) is 5.10. The standard InChI is InChI=1S/C11H6F5N3O2/c1-18-10(20)3(2-17)11(21)19-9-7(15)5(13)4(12)6(14)8(9)16/h18,20H,1H3,(H,19,21)/b10-3-. The third kappa shape index (κ3) is 2.86. The first kappa shape index (κ1) is 16.2. The Balaban J connectivity index is 3.34. The van der Waals surface area contributed by atoms with Gasteiger partial charge in [0.25, 0.3) is 5.91 Å². The number of hydrogen-bond acceptors (Lipinski definition) is 4. The van der Waals surface area contributed by atoms with E-state index in [0.29, 0.717) is 0 Å². The van der Waals surface area contributed by atoms with Gasteiger partial charge in [0.1, 0.15) is 11.8 Å². The number of benzene rings is 1. The quantitative estimate of drug-likeness (QED) is 0.199. The van der Waals surface area contributed by atoms with E-state index in [1.807, 2.05) is 5.32 Å². The van der Waals surface area contributed by atoms with Gasteiger partial charge in [-0.25, -0.2) is 22.0 Å². The van der Waals surface area contributed by atoms with Crippen LogP contribution in [0.25, 0.3) is 0 Å². The highest BCUT2D eigenvalue weighted by molar-refractivity contribution is 6.06. The van der Waals surface area contributed by atoms with Crippen LogP contribution in [0, 0.1) is 40.4 Å². The second kappa shape index (κ2) is 6.08. The van der Waals surface area contributed by atoms with E-state index in [0.717, 1.165) is 7.05 Å². The molecule has 10 heteroatoms. The Labute approximate surface area is 114 Å². The van der Waals surface area contributed by atoms with E-state index in [4.69, 9.17) is 10.4 Å². The molecule has 0 aliphatic carbocycles. The van der Waals surface area contributed by atoms with Crippen molar-refractivity contribution in [2.75, 3.05) is 12.4 Å². The zero-order chi connectivity index (χ0) is 16.3. The minimum Gasteiger partial charge on any atom is -0.494 e. The number of carbonyl (C=O) groups is 1. The highest BCUT2D eigenvalue weighted by atomic mass is 19.2. The molecule has 0 spiro atoms. The van der Waals surface area contributed by atoms with Crippen LogP contribution in [0.15, 0.2) is 11.5 Å². The molecule has 0 heterocycles. The maximum absolute atomic E-state index is 13.3. The van der Waals surface area contributed by atoms with E-state index in [1.54, 1.807) is 0 Å². The molecular weight excluding hydrogens is 301 g/mol. The van der Waals surface area contributed by atoms with Gasteiger partial charge in [-0.3, -0.25) is 4.79 Å². The minimum atomic E-state index is -2.39. The van der Waals surface area contributed by atoms with Crippen molar-refractivity contribution in [3.63, 3.8) is 0 Å². The maximum Gasteiger partial charge on any atom is 0.271 e. The molecule has 1 aromatic carbocycles. The van der Waals surface area contributed by atoms with Gasteiger partial charge in [0, 0.05) is 7.05 Å². The second-order valence-electron chi connectivity index (χ2n) is 3.48. The number of hydrogen-bond donors (Lipinski definition) is 3. The van der Waals surface area contributed by atoms with Crippen LogP contribution < -0.4 is 10.6 Å². The molecule has 0 fully saturated rings. The van der Waals surface area contributed by atoms with Crippen molar-refractivity contribution in [3.05, 3.63) is 40.5 Å². The Bertz CT molecular complexity index is 652. The molecule has 1 amide bonds. The van der Waals surface area contributed by atoms with Gasteiger partial charge >= 0.3 is 0 Å². The molecule has 0 radical (unpaired) electrons. The summed E-state index contributed by atoms with van der Waals surface area (Å²) >= 11 is 0. The lowest BCUT2D eigenvalue weighted by Crippen LogP contribution is -2.22. The number of aliphatic hydroxyl groups is 1. The van der Waals surface area contributed by atoms with Crippen LogP contribution in [0.3, 0.4) is 0 Å². The number of halogens is 5. The zero-order valence-electron chi connectivity index (χ0n) is 10.2. The lowest BCUT2D eigenvalue weighted by Gasteiger charge is -2.10. The summed E-state index contributed by atoms with van der Waals surface area (Å²) in [5.41, 5.74) is -2.64. The van der Waals surface area contributed by atoms with Crippen LogP contribution in [0.4, 0.5) is 27.6 Å². The summed E-state index contributed by atoms with van der Waals surface area (Å²) in [6.07, 6.45) is 0. The number of nitrogens with one attached hydrogen (secondary N) is 2. The average molecular weight is 307 g/mol. The molecule has 5 nitrogen and oxygen atoms in total. The molecule has 21 heavy (non-hydrogen) atoms. The van der Waals surface area contributed by atoms with Gasteiger partial charge in [-0.1, -0.05) is 0 Å². The minimum absolute atomic E-state index is 0.945. The van der Waals surface area contributed by atoms with E-state index in [2.05, 4.69) is 0 Å². The van der Waals surface area contributed by atoms with Crippen molar-refractivity contribution in [3.8, 4) is 6.07 Å². The van der Waals surface area contributed by atoms with Crippen molar-refractivity contribution < 1.29 is 31.9 Å². The van der Waals surface area contributed by atoms with Crippen molar-refractivity contribution >= 4 is 11.6 Å². The SMILES string of the molecule is CN/C(O)=C(\C#N)C(=O)Nc1c(F)c(F)c(F)c(F)c1F. The molecule has 112 valence electrons. The molecule has 0 saturated carbocycles. The molecule has 0 aliphatic rings. The van der Waals surface area contributed by atoms with Crippen LogP contribution >= 0.6 is 0 Å².